The first-order valence-electron chi connectivity index (χ1n) is 4.24. The van der Waals surface area contributed by atoms with Crippen LogP contribution in [-0.2, 0) is 0 Å². The van der Waals surface area contributed by atoms with E-state index in [-0.39, 0.29) is 0 Å². The van der Waals surface area contributed by atoms with E-state index < -0.39 is 0 Å². The van der Waals surface area contributed by atoms with Crippen molar-refractivity contribution >= 4 is 11.5 Å². The molecule has 2 aromatic rings. The molecule has 0 amide bonds. The molecule has 1 fully saturated rings. The predicted octanol–water partition coefficient (Wildman–Crippen LogP) is 0.0936. The monoisotopic (exact) mass is 176 g/mol. The van der Waals surface area contributed by atoms with Gasteiger partial charge in [0.25, 0.3) is 0 Å². The molecule has 13 heavy (non-hydrogen) atoms. The summed E-state index contributed by atoms with van der Waals surface area (Å²) in [4.78, 5) is 0. The van der Waals surface area contributed by atoms with E-state index in [0.29, 0.717) is 11.7 Å². The first kappa shape index (κ1) is 6.76. The second-order valence-corrected chi connectivity index (χ2v) is 3.16. The highest BCUT2D eigenvalue weighted by atomic mass is 15.6. The van der Waals surface area contributed by atoms with Crippen molar-refractivity contribution in [2.75, 3.05) is 5.32 Å². The fraction of sp³-hybridized carbons (Fsp3) is 0.429. The third-order valence-electron chi connectivity index (χ3n) is 2.00. The Bertz CT molecular complexity index is 431. The second kappa shape index (κ2) is 2.38. The van der Waals surface area contributed by atoms with Crippen molar-refractivity contribution in [2.45, 2.75) is 18.9 Å². The molecule has 2 heterocycles. The lowest BCUT2D eigenvalue weighted by Gasteiger charge is -2.00. The van der Waals surface area contributed by atoms with Crippen molar-refractivity contribution < 1.29 is 0 Å². The van der Waals surface area contributed by atoms with Crippen LogP contribution in [-0.4, -0.2) is 31.3 Å². The number of tetrazole rings is 1. The van der Waals surface area contributed by atoms with Crippen LogP contribution in [0.5, 0.6) is 0 Å². The molecule has 3 rings (SSSR count). The summed E-state index contributed by atoms with van der Waals surface area (Å²) in [5.74, 6) is 0.835. The average molecular weight is 176 g/mol. The quantitative estimate of drug-likeness (QED) is 0.702. The van der Waals surface area contributed by atoms with Gasteiger partial charge in [0.2, 0.25) is 0 Å². The molecule has 0 aromatic carbocycles. The van der Waals surface area contributed by atoms with Gasteiger partial charge in [-0.05, 0) is 35.4 Å². The van der Waals surface area contributed by atoms with Gasteiger partial charge in [0.15, 0.2) is 5.65 Å². The lowest BCUT2D eigenvalue weighted by molar-refractivity contribution is 0.734. The lowest BCUT2D eigenvalue weighted by atomic mass is 10.5. The van der Waals surface area contributed by atoms with Gasteiger partial charge >= 0.3 is 0 Å². The fourth-order valence-electron chi connectivity index (χ4n) is 1.16. The topological polar surface area (TPSA) is 68.0 Å². The Morgan fingerprint density at radius 3 is 3.15 bits per heavy atom. The summed E-state index contributed by atoms with van der Waals surface area (Å²) in [6, 6.07) is 4.34. The number of fused-ring (bicyclic) bond motifs is 1. The minimum atomic E-state index is 0.599. The average Bonchev–Trinajstić information content (AvgIpc) is 2.83. The molecule has 1 aliphatic rings. The maximum absolute atomic E-state index is 4.18. The number of hydrogen-bond acceptors (Lipinski definition) is 5. The number of hydrogen-bond donors (Lipinski definition) is 1. The molecular weight excluding hydrogens is 168 g/mol. The maximum atomic E-state index is 4.18. The Balaban J connectivity index is 1.99. The standard InChI is InChI=1S/C7H8N6/c1-2-5(1)8-6-3-4-7-9-11-12-13(7)10-6/h3-5H,1-2H2,(H,8,10). The van der Waals surface area contributed by atoms with Crippen LogP contribution in [0, 0.1) is 0 Å². The molecule has 6 heteroatoms. The summed E-state index contributed by atoms with van der Waals surface area (Å²) in [7, 11) is 0. The van der Waals surface area contributed by atoms with Gasteiger partial charge in [-0.1, -0.05) is 0 Å². The Morgan fingerprint density at radius 1 is 1.38 bits per heavy atom. The van der Waals surface area contributed by atoms with Crippen LogP contribution in [0.2, 0.25) is 0 Å². The van der Waals surface area contributed by atoms with Crippen molar-refractivity contribution in [3.8, 4) is 0 Å². The van der Waals surface area contributed by atoms with E-state index in [1.54, 1.807) is 0 Å². The maximum Gasteiger partial charge on any atom is 0.200 e. The van der Waals surface area contributed by atoms with Gasteiger partial charge in [-0.25, -0.2) is 0 Å². The van der Waals surface area contributed by atoms with Crippen LogP contribution in [0.4, 0.5) is 5.82 Å². The SMILES string of the molecule is c1cc2nnnn2nc1NC1CC1. The molecule has 1 N–H and O–H groups in total. The van der Waals surface area contributed by atoms with Crippen LogP contribution in [0.1, 0.15) is 12.8 Å². The molecule has 0 spiro atoms. The number of aromatic nitrogens is 5. The highest BCUT2D eigenvalue weighted by Gasteiger charge is 2.21. The van der Waals surface area contributed by atoms with Gasteiger partial charge in [-0.3, -0.25) is 0 Å². The van der Waals surface area contributed by atoms with E-state index in [4.69, 9.17) is 0 Å². The van der Waals surface area contributed by atoms with E-state index in [0.717, 1.165) is 5.82 Å². The number of nitrogens with one attached hydrogen (secondary N) is 1. The minimum absolute atomic E-state index is 0.599. The molecule has 66 valence electrons. The molecule has 0 saturated heterocycles. The summed E-state index contributed by atoms with van der Waals surface area (Å²) in [5.41, 5.74) is 0.668. The first-order valence-corrected chi connectivity index (χ1v) is 4.24. The first-order chi connectivity index (χ1) is 6.42. The lowest BCUT2D eigenvalue weighted by Crippen LogP contribution is -2.05. The minimum Gasteiger partial charge on any atom is -0.366 e. The Morgan fingerprint density at radius 2 is 2.31 bits per heavy atom. The summed E-state index contributed by atoms with van der Waals surface area (Å²) in [6.07, 6.45) is 2.46. The zero-order valence-electron chi connectivity index (χ0n) is 6.88. The Hall–Kier alpha value is -1.72. The van der Waals surface area contributed by atoms with E-state index in [1.165, 1.54) is 17.5 Å². The van der Waals surface area contributed by atoms with Gasteiger partial charge in [-0.15, -0.1) is 14.8 Å². The van der Waals surface area contributed by atoms with Crippen LogP contribution in [0.3, 0.4) is 0 Å². The molecule has 1 saturated carbocycles. The van der Waals surface area contributed by atoms with Crippen LogP contribution in [0.25, 0.3) is 5.65 Å². The molecule has 6 nitrogen and oxygen atoms in total. The van der Waals surface area contributed by atoms with Gasteiger partial charge in [-0.2, -0.15) is 0 Å². The summed E-state index contributed by atoms with van der Waals surface area (Å²) < 4.78 is 1.42. The van der Waals surface area contributed by atoms with Crippen molar-refractivity contribution in [1.82, 2.24) is 25.3 Å². The summed E-state index contributed by atoms with van der Waals surface area (Å²) in [5, 5.41) is 18.4. The van der Waals surface area contributed by atoms with Gasteiger partial charge < -0.3 is 5.32 Å². The molecule has 0 unspecified atom stereocenters. The largest absolute Gasteiger partial charge is 0.366 e. The van der Waals surface area contributed by atoms with Crippen LogP contribution in [0.15, 0.2) is 12.1 Å². The highest BCUT2D eigenvalue weighted by molar-refractivity contribution is 5.43. The van der Waals surface area contributed by atoms with E-state index in [9.17, 15) is 0 Å². The summed E-state index contributed by atoms with van der Waals surface area (Å²) >= 11 is 0. The zero-order valence-corrected chi connectivity index (χ0v) is 6.88. The molecule has 0 radical (unpaired) electrons. The Labute approximate surface area is 73.9 Å². The summed E-state index contributed by atoms with van der Waals surface area (Å²) in [6.45, 7) is 0. The molecule has 0 atom stereocenters. The third kappa shape index (κ3) is 1.20. The van der Waals surface area contributed by atoms with Gasteiger partial charge in [0.05, 0.1) is 0 Å². The normalized spacial score (nSPS) is 16.3. The molecule has 2 aromatic heterocycles. The van der Waals surface area contributed by atoms with Gasteiger partial charge in [0.1, 0.15) is 5.82 Å². The van der Waals surface area contributed by atoms with Gasteiger partial charge in [0, 0.05) is 6.04 Å². The molecule has 1 aliphatic carbocycles. The van der Waals surface area contributed by atoms with Crippen molar-refractivity contribution in [3.63, 3.8) is 0 Å². The zero-order chi connectivity index (χ0) is 8.67. The van der Waals surface area contributed by atoms with Crippen molar-refractivity contribution in [3.05, 3.63) is 12.1 Å². The number of rotatable bonds is 2. The van der Waals surface area contributed by atoms with E-state index in [1.807, 2.05) is 12.1 Å². The molecule has 0 aliphatic heterocycles. The molecular formula is C7H8N6. The highest BCUT2D eigenvalue weighted by Crippen LogP contribution is 2.23. The van der Waals surface area contributed by atoms with Crippen molar-refractivity contribution in [1.29, 1.82) is 0 Å². The third-order valence-corrected chi connectivity index (χ3v) is 2.00. The smallest absolute Gasteiger partial charge is 0.200 e. The second-order valence-electron chi connectivity index (χ2n) is 3.16. The van der Waals surface area contributed by atoms with Crippen LogP contribution >= 0.6 is 0 Å². The fourth-order valence-corrected chi connectivity index (χ4v) is 1.16. The number of anilines is 1. The Kier molecular flexibility index (Phi) is 1.24. The van der Waals surface area contributed by atoms with E-state index in [2.05, 4.69) is 25.9 Å². The molecule has 0 bridgehead atoms. The number of nitrogens with zero attached hydrogens (tertiary/aromatic N) is 5. The predicted molar refractivity (Wildman–Crippen MR) is 45.2 cm³/mol. The van der Waals surface area contributed by atoms with Crippen molar-refractivity contribution in [2.24, 2.45) is 0 Å². The van der Waals surface area contributed by atoms with Crippen LogP contribution < -0.4 is 5.32 Å². The van der Waals surface area contributed by atoms with E-state index >= 15 is 0 Å².